The van der Waals surface area contributed by atoms with E-state index in [4.69, 9.17) is 4.74 Å². The predicted octanol–water partition coefficient (Wildman–Crippen LogP) is 1.34. The Morgan fingerprint density at radius 2 is 2.31 bits per heavy atom. The normalized spacial score (nSPS) is 30.4. The number of carbonyl (C=O) groups is 2. The molecule has 2 fully saturated rings. The second kappa shape index (κ2) is 4.44. The van der Waals surface area contributed by atoms with E-state index in [0.717, 1.165) is 25.8 Å². The molecule has 90 valence electrons. The topological polar surface area (TPSA) is 46.6 Å². The quantitative estimate of drug-likeness (QED) is 0.681. The van der Waals surface area contributed by atoms with Crippen molar-refractivity contribution in [3.8, 4) is 0 Å². The van der Waals surface area contributed by atoms with Crippen LogP contribution < -0.4 is 0 Å². The fourth-order valence-corrected chi connectivity index (χ4v) is 3.07. The first-order valence-corrected chi connectivity index (χ1v) is 6.04. The Kier molecular flexibility index (Phi) is 3.17. The maximum atomic E-state index is 11.5. The molecule has 3 unspecified atom stereocenters. The third-order valence-corrected chi connectivity index (χ3v) is 3.66. The molecule has 1 amide bonds. The van der Waals surface area contributed by atoms with Crippen molar-refractivity contribution >= 4 is 11.9 Å². The van der Waals surface area contributed by atoms with Crippen LogP contribution in [0.15, 0.2) is 0 Å². The van der Waals surface area contributed by atoms with Crippen LogP contribution in [0.4, 0.5) is 0 Å². The van der Waals surface area contributed by atoms with Crippen LogP contribution in [0.1, 0.15) is 39.5 Å². The molecule has 0 spiro atoms. The maximum absolute atomic E-state index is 11.5. The third-order valence-electron chi connectivity index (χ3n) is 3.66. The van der Waals surface area contributed by atoms with Gasteiger partial charge in [-0.25, -0.2) is 0 Å². The van der Waals surface area contributed by atoms with Gasteiger partial charge < -0.3 is 9.64 Å². The van der Waals surface area contributed by atoms with Crippen molar-refractivity contribution in [3.05, 3.63) is 0 Å². The molecule has 0 saturated carbocycles. The van der Waals surface area contributed by atoms with Crippen molar-refractivity contribution in [3.63, 3.8) is 0 Å². The minimum Gasteiger partial charge on any atom is -0.463 e. The molecule has 2 aliphatic heterocycles. The fraction of sp³-hybridized carbons (Fsp3) is 0.833. The van der Waals surface area contributed by atoms with Crippen LogP contribution in [0.3, 0.4) is 0 Å². The summed E-state index contributed by atoms with van der Waals surface area (Å²) in [6, 6.07) is 0.408. The van der Waals surface area contributed by atoms with Gasteiger partial charge in [-0.2, -0.15) is 0 Å². The summed E-state index contributed by atoms with van der Waals surface area (Å²) in [5, 5.41) is 0. The van der Waals surface area contributed by atoms with Crippen molar-refractivity contribution in [1.82, 2.24) is 4.90 Å². The summed E-state index contributed by atoms with van der Waals surface area (Å²) in [5.41, 5.74) is 0. The van der Waals surface area contributed by atoms with Crippen molar-refractivity contribution in [2.75, 3.05) is 6.54 Å². The van der Waals surface area contributed by atoms with Crippen LogP contribution in [0, 0.1) is 5.92 Å². The summed E-state index contributed by atoms with van der Waals surface area (Å²) in [6.45, 7) is 4.26. The Labute approximate surface area is 95.9 Å². The first kappa shape index (κ1) is 11.4. The van der Waals surface area contributed by atoms with Crippen LogP contribution in [-0.2, 0) is 14.3 Å². The standard InChI is InChI=1S/C12H19NO3/c1-8(16-9(2)14)7-10-5-6-13-11(10)3-4-12(13)15/h8,10-11H,3-7H2,1-2H3. The number of fused-ring (bicyclic) bond motifs is 1. The summed E-state index contributed by atoms with van der Waals surface area (Å²) in [6.07, 6.45) is 3.59. The van der Waals surface area contributed by atoms with Gasteiger partial charge in [-0.3, -0.25) is 9.59 Å². The van der Waals surface area contributed by atoms with E-state index >= 15 is 0 Å². The minimum atomic E-state index is -0.218. The molecule has 0 aromatic carbocycles. The SMILES string of the molecule is CC(=O)OC(C)CC1CCN2C(=O)CCC12. The number of rotatable bonds is 3. The molecule has 0 aromatic heterocycles. The predicted molar refractivity (Wildman–Crippen MR) is 58.7 cm³/mol. The van der Waals surface area contributed by atoms with Crippen LogP contribution in [0.2, 0.25) is 0 Å². The Balaban J connectivity index is 1.87. The molecule has 0 aliphatic carbocycles. The summed E-state index contributed by atoms with van der Waals surface area (Å²) >= 11 is 0. The third kappa shape index (κ3) is 2.20. The molecule has 4 heteroatoms. The van der Waals surface area contributed by atoms with Crippen molar-refractivity contribution < 1.29 is 14.3 Å². The molecule has 0 aromatic rings. The van der Waals surface area contributed by atoms with Crippen LogP contribution in [-0.4, -0.2) is 35.5 Å². The van der Waals surface area contributed by atoms with E-state index in [1.165, 1.54) is 6.92 Å². The molecule has 0 N–H and O–H groups in total. The molecule has 2 rings (SSSR count). The molecular weight excluding hydrogens is 206 g/mol. The van der Waals surface area contributed by atoms with Crippen LogP contribution in [0.25, 0.3) is 0 Å². The van der Waals surface area contributed by atoms with Gasteiger partial charge in [-0.1, -0.05) is 0 Å². The maximum Gasteiger partial charge on any atom is 0.302 e. The highest BCUT2D eigenvalue weighted by Gasteiger charge is 2.41. The number of ether oxygens (including phenoxy) is 1. The lowest BCUT2D eigenvalue weighted by molar-refractivity contribution is -0.146. The molecule has 2 heterocycles. The first-order chi connectivity index (χ1) is 7.58. The number of carbonyl (C=O) groups excluding carboxylic acids is 2. The summed E-state index contributed by atoms with van der Waals surface area (Å²) in [7, 11) is 0. The number of hydrogen-bond donors (Lipinski definition) is 0. The van der Waals surface area contributed by atoms with Crippen molar-refractivity contribution in [2.24, 2.45) is 5.92 Å². The Morgan fingerprint density at radius 1 is 1.56 bits per heavy atom. The lowest BCUT2D eigenvalue weighted by Gasteiger charge is -2.22. The van der Waals surface area contributed by atoms with E-state index in [-0.39, 0.29) is 12.1 Å². The van der Waals surface area contributed by atoms with Gasteiger partial charge in [-0.15, -0.1) is 0 Å². The molecular formula is C12H19NO3. The van der Waals surface area contributed by atoms with Gasteiger partial charge in [0.15, 0.2) is 0 Å². The Hall–Kier alpha value is -1.06. The number of esters is 1. The monoisotopic (exact) mass is 225 g/mol. The van der Waals surface area contributed by atoms with E-state index in [0.29, 0.717) is 24.3 Å². The molecule has 0 bridgehead atoms. The highest BCUT2D eigenvalue weighted by atomic mass is 16.5. The van der Waals surface area contributed by atoms with Gasteiger partial charge in [0, 0.05) is 25.9 Å². The number of nitrogens with zero attached hydrogens (tertiary/aromatic N) is 1. The Bertz CT molecular complexity index is 303. The van der Waals surface area contributed by atoms with Gasteiger partial charge in [0.1, 0.15) is 0 Å². The van der Waals surface area contributed by atoms with Crippen molar-refractivity contribution in [2.45, 2.75) is 51.7 Å². The minimum absolute atomic E-state index is 0.0295. The first-order valence-electron chi connectivity index (χ1n) is 6.04. The van der Waals surface area contributed by atoms with Gasteiger partial charge >= 0.3 is 5.97 Å². The lowest BCUT2D eigenvalue weighted by Crippen LogP contribution is -2.30. The molecule has 2 aliphatic rings. The molecule has 3 atom stereocenters. The van der Waals surface area contributed by atoms with Gasteiger partial charge in [0.2, 0.25) is 5.91 Å². The highest BCUT2D eigenvalue weighted by molar-refractivity contribution is 5.79. The molecule has 4 nitrogen and oxygen atoms in total. The largest absolute Gasteiger partial charge is 0.463 e. The fourth-order valence-electron chi connectivity index (χ4n) is 3.07. The second-order valence-electron chi connectivity index (χ2n) is 4.90. The zero-order chi connectivity index (χ0) is 11.7. The summed E-state index contributed by atoms with van der Waals surface area (Å²) in [5.74, 6) is 0.596. The molecule has 0 radical (unpaired) electrons. The molecule has 16 heavy (non-hydrogen) atoms. The Morgan fingerprint density at radius 3 is 3.00 bits per heavy atom. The average molecular weight is 225 g/mol. The zero-order valence-electron chi connectivity index (χ0n) is 9.94. The van der Waals surface area contributed by atoms with Crippen molar-refractivity contribution in [1.29, 1.82) is 0 Å². The second-order valence-corrected chi connectivity index (χ2v) is 4.90. The summed E-state index contributed by atoms with van der Waals surface area (Å²) < 4.78 is 5.15. The van der Waals surface area contributed by atoms with E-state index in [1.54, 1.807) is 0 Å². The van der Waals surface area contributed by atoms with E-state index in [1.807, 2.05) is 11.8 Å². The van der Waals surface area contributed by atoms with Gasteiger partial charge in [0.05, 0.1) is 6.10 Å². The number of hydrogen-bond acceptors (Lipinski definition) is 3. The average Bonchev–Trinajstić information content (AvgIpc) is 2.70. The lowest BCUT2D eigenvalue weighted by atomic mass is 9.92. The smallest absolute Gasteiger partial charge is 0.302 e. The van der Waals surface area contributed by atoms with E-state index in [9.17, 15) is 9.59 Å². The van der Waals surface area contributed by atoms with Crippen LogP contribution >= 0.6 is 0 Å². The van der Waals surface area contributed by atoms with E-state index in [2.05, 4.69) is 0 Å². The summed E-state index contributed by atoms with van der Waals surface area (Å²) in [4.78, 5) is 24.3. The highest BCUT2D eigenvalue weighted by Crippen LogP contribution is 2.36. The van der Waals surface area contributed by atoms with Crippen LogP contribution in [0.5, 0.6) is 0 Å². The zero-order valence-corrected chi connectivity index (χ0v) is 9.94. The molecule has 2 saturated heterocycles. The van der Waals surface area contributed by atoms with Gasteiger partial charge in [-0.05, 0) is 32.1 Å². The van der Waals surface area contributed by atoms with Gasteiger partial charge in [0.25, 0.3) is 0 Å². The van der Waals surface area contributed by atoms with E-state index < -0.39 is 0 Å². The number of amides is 1.